The topological polar surface area (TPSA) is 46.5 Å². The fraction of sp³-hybridized carbons (Fsp3) is 0.533. The Bertz CT molecular complexity index is 442. The zero-order valence-corrected chi connectivity index (χ0v) is 11.8. The van der Waals surface area contributed by atoms with E-state index in [1.807, 2.05) is 6.92 Å². The van der Waals surface area contributed by atoms with Crippen molar-refractivity contribution in [2.45, 2.75) is 46.0 Å². The molecule has 0 aliphatic rings. The highest BCUT2D eigenvalue weighted by atomic mass is 16.5. The minimum absolute atomic E-state index is 0.0606. The van der Waals surface area contributed by atoms with Crippen LogP contribution >= 0.6 is 0 Å². The summed E-state index contributed by atoms with van der Waals surface area (Å²) in [5, 5.41) is 9.71. The van der Waals surface area contributed by atoms with Crippen molar-refractivity contribution in [2.24, 2.45) is 0 Å². The first-order chi connectivity index (χ1) is 8.25. The van der Waals surface area contributed by atoms with Crippen molar-refractivity contribution < 1.29 is 14.6 Å². The standard InChI is InChI=1S/C15H22O3/c1-10-8-11(16)9-13(15(2,3)4)12(10)6-7-14(17)18-5/h8-9,16H,6-7H2,1-5H3. The Morgan fingerprint density at radius 2 is 1.94 bits per heavy atom. The lowest BCUT2D eigenvalue weighted by atomic mass is 9.81. The highest BCUT2D eigenvalue weighted by molar-refractivity contribution is 5.69. The van der Waals surface area contributed by atoms with Crippen LogP contribution in [0.25, 0.3) is 0 Å². The molecule has 1 aromatic carbocycles. The molecule has 100 valence electrons. The van der Waals surface area contributed by atoms with Gasteiger partial charge in [0, 0.05) is 6.42 Å². The van der Waals surface area contributed by atoms with Crippen LogP contribution in [-0.2, 0) is 21.4 Å². The van der Waals surface area contributed by atoms with Gasteiger partial charge in [0.15, 0.2) is 0 Å². The van der Waals surface area contributed by atoms with Crippen molar-refractivity contribution in [3.05, 3.63) is 28.8 Å². The fourth-order valence-corrected chi connectivity index (χ4v) is 2.13. The number of hydrogen-bond donors (Lipinski definition) is 1. The van der Waals surface area contributed by atoms with E-state index in [-0.39, 0.29) is 17.1 Å². The van der Waals surface area contributed by atoms with Crippen LogP contribution in [0.4, 0.5) is 0 Å². The molecule has 3 nitrogen and oxygen atoms in total. The number of carbonyl (C=O) groups is 1. The van der Waals surface area contributed by atoms with Crippen LogP contribution in [0.5, 0.6) is 5.75 Å². The molecule has 0 bridgehead atoms. The van der Waals surface area contributed by atoms with Crippen molar-refractivity contribution in [1.82, 2.24) is 0 Å². The van der Waals surface area contributed by atoms with Crippen LogP contribution in [0.15, 0.2) is 12.1 Å². The Morgan fingerprint density at radius 1 is 1.33 bits per heavy atom. The average molecular weight is 250 g/mol. The second-order valence-corrected chi connectivity index (χ2v) is 5.61. The number of benzene rings is 1. The van der Waals surface area contributed by atoms with E-state index in [0.717, 1.165) is 16.7 Å². The lowest BCUT2D eigenvalue weighted by molar-refractivity contribution is -0.140. The van der Waals surface area contributed by atoms with Crippen LogP contribution in [0.3, 0.4) is 0 Å². The Morgan fingerprint density at radius 3 is 2.44 bits per heavy atom. The minimum atomic E-state index is -0.206. The summed E-state index contributed by atoms with van der Waals surface area (Å²) < 4.78 is 4.67. The van der Waals surface area contributed by atoms with Crippen LogP contribution in [0.2, 0.25) is 0 Å². The van der Waals surface area contributed by atoms with Gasteiger partial charge in [-0.25, -0.2) is 0 Å². The molecule has 18 heavy (non-hydrogen) atoms. The Labute approximate surface area is 109 Å². The molecular formula is C15H22O3. The number of aryl methyl sites for hydroxylation is 1. The predicted molar refractivity (Wildman–Crippen MR) is 71.9 cm³/mol. The molecule has 0 fully saturated rings. The Hall–Kier alpha value is -1.51. The maximum absolute atomic E-state index is 11.3. The van der Waals surface area contributed by atoms with E-state index in [4.69, 9.17) is 0 Å². The minimum Gasteiger partial charge on any atom is -0.508 e. The number of phenols is 1. The molecule has 0 aliphatic heterocycles. The molecule has 1 aromatic rings. The van der Waals surface area contributed by atoms with Gasteiger partial charge in [0.25, 0.3) is 0 Å². The van der Waals surface area contributed by atoms with E-state index in [0.29, 0.717) is 12.8 Å². The SMILES string of the molecule is COC(=O)CCc1c(C)cc(O)cc1C(C)(C)C. The van der Waals surface area contributed by atoms with E-state index in [2.05, 4.69) is 25.5 Å². The molecular weight excluding hydrogens is 228 g/mol. The smallest absolute Gasteiger partial charge is 0.305 e. The van der Waals surface area contributed by atoms with Gasteiger partial charge in [-0.3, -0.25) is 4.79 Å². The van der Waals surface area contributed by atoms with E-state index >= 15 is 0 Å². The summed E-state index contributed by atoms with van der Waals surface area (Å²) in [5.41, 5.74) is 3.17. The number of aromatic hydroxyl groups is 1. The van der Waals surface area contributed by atoms with Gasteiger partial charge in [-0.05, 0) is 47.6 Å². The van der Waals surface area contributed by atoms with Crippen LogP contribution in [-0.4, -0.2) is 18.2 Å². The van der Waals surface area contributed by atoms with E-state index in [1.165, 1.54) is 7.11 Å². The van der Waals surface area contributed by atoms with E-state index < -0.39 is 0 Å². The van der Waals surface area contributed by atoms with Gasteiger partial charge in [0.05, 0.1) is 7.11 Å². The first kappa shape index (κ1) is 14.6. The molecule has 0 atom stereocenters. The lowest BCUT2D eigenvalue weighted by Gasteiger charge is -2.24. The second kappa shape index (κ2) is 5.42. The van der Waals surface area contributed by atoms with Crippen LogP contribution < -0.4 is 0 Å². The van der Waals surface area contributed by atoms with Crippen molar-refractivity contribution in [1.29, 1.82) is 0 Å². The lowest BCUT2D eigenvalue weighted by Crippen LogP contribution is -2.16. The number of rotatable bonds is 3. The van der Waals surface area contributed by atoms with Crippen molar-refractivity contribution >= 4 is 5.97 Å². The fourth-order valence-electron chi connectivity index (χ4n) is 2.13. The van der Waals surface area contributed by atoms with E-state index in [9.17, 15) is 9.90 Å². The van der Waals surface area contributed by atoms with Gasteiger partial charge in [-0.15, -0.1) is 0 Å². The zero-order valence-electron chi connectivity index (χ0n) is 11.8. The molecule has 3 heteroatoms. The van der Waals surface area contributed by atoms with E-state index in [1.54, 1.807) is 12.1 Å². The van der Waals surface area contributed by atoms with Gasteiger partial charge in [-0.1, -0.05) is 20.8 Å². The third-order valence-corrected chi connectivity index (χ3v) is 3.07. The van der Waals surface area contributed by atoms with Gasteiger partial charge < -0.3 is 9.84 Å². The molecule has 0 saturated carbocycles. The quantitative estimate of drug-likeness (QED) is 0.838. The Kier molecular flexibility index (Phi) is 4.38. The summed E-state index contributed by atoms with van der Waals surface area (Å²) in [4.78, 5) is 11.3. The molecule has 0 heterocycles. The van der Waals surface area contributed by atoms with Gasteiger partial charge in [0.1, 0.15) is 5.75 Å². The predicted octanol–water partition coefficient (Wildman–Crippen LogP) is 3.10. The van der Waals surface area contributed by atoms with Gasteiger partial charge in [0.2, 0.25) is 0 Å². The number of esters is 1. The highest BCUT2D eigenvalue weighted by Crippen LogP contribution is 2.32. The first-order valence-corrected chi connectivity index (χ1v) is 6.15. The largest absolute Gasteiger partial charge is 0.508 e. The third kappa shape index (κ3) is 3.49. The number of phenolic OH excluding ortho intramolecular Hbond substituents is 1. The molecule has 0 saturated heterocycles. The summed E-state index contributed by atoms with van der Waals surface area (Å²) in [5.74, 6) is 0.0709. The van der Waals surface area contributed by atoms with Crippen LogP contribution in [0.1, 0.15) is 43.9 Å². The summed E-state index contributed by atoms with van der Waals surface area (Å²) in [6.45, 7) is 8.26. The normalized spacial score (nSPS) is 11.4. The molecule has 0 amide bonds. The molecule has 1 N–H and O–H groups in total. The number of methoxy groups -OCH3 is 1. The number of hydrogen-bond acceptors (Lipinski definition) is 3. The molecule has 0 aliphatic carbocycles. The Balaban J connectivity index is 3.12. The third-order valence-electron chi connectivity index (χ3n) is 3.07. The first-order valence-electron chi connectivity index (χ1n) is 6.15. The maximum Gasteiger partial charge on any atom is 0.305 e. The summed E-state index contributed by atoms with van der Waals surface area (Å²) in [6.07, 6.45) is 1.01. The summed E-state index contributed by atoms with van der Waals surface area (Å²) in [6, 6.07) is 3.53. The van der Waals surface area contributed by atoms with Crippen LogP contribution in [0, 0.1) is 6.92 Å². The zero-order chi connectivity index (χ0) is 13.9. The van der Waals surface area contributed by atoms with Crippen molar-refractivity contribution in [2.75, 3.05) is 7.11 Å². The summed E-state index contributed by atoms with van der Waals surface area (Å²) in [7, 11) is 1.40. The molecule has 1 rings (SSSR count). The summed E-state index contributed by atoms with van der Waals surface area (Å²) >= 11 is 0. The average Bonchev–Trinajstić information content (AvgIpc) is 2.25. The monoisotopic (exact) mass is 250 g/mol. The molecule has 0 spiro atoms. The van der Waals surface area contributed by atoms with Crippen molar-refractivity contribution in [3.8, 4) is 5.75 Å². The van der Waals surface area contributed by atoms with Crippen molar-refractivity contribution in [3.63, 3.8) is 0 Å². The van der Waals surface area contributed by atoms with Gasteiger partial charge >= 0.3 is 5.97 Å². The highest BCUT2D eigenvalue weighted by Gasteiger charge is 2.20. The number of carbonyl (C=O) groups excluding carboxylic acids is 1. The molecule has 0 unspecified atom stereocenters. The second-order valence-electron chi connectivity index (χ2n) is 5.61. The number of ether oxygens (including phenoxy) is 1. The van der Waals surface area contributed by atoms with Gasteiger partial charge in [-0.2, -0.15) is 0 Å². The maximum atomic E-state index is 11.3. The molecule has 0 radical (unpaired) electrons. The molecule has 0 aromatic heterocycles.